The molecule has 0 aliphatic heterocycles. The fourth-order valence-electron chi connectivity index (χ4n) is 1.65. The first-order chi connectivity index (χ1) is 9.56. The molecule has 0 bridgehead atoms. The number of anilines is 1. The van der Waals surface area contributed by atoms with Gasteiger partial charge in [-0.05, 0) is 31.2 Å². The number of rotatable bonds is 4. The third kappa shape index (κ3) is 3.77. The van der Waals surface area contributed by atoms with Crippen LogP contribution in [0.4, 0.5) is 14.6 Å². The van der Waals surface area contributed by atoms with Gasteiger partial charge in [-0.1, -0.05) is 30.0 Å². The molecule has 1 aromatic carbocycles. The molecule has 3 nitrogen and oxygen atoms in total. The number of carbonyl (C=O) groups excluding carboxylic acids is 1. The number of thioether (sulfide) groups is 1. The van der Waals surface area contributed by atoms with Crippen LogP contribution in [-0.4, -0.2) is 16.6 Å². The molecule has 1 heterocycles. The number of aromatic nitrogens is 1. The Hall–Kier alpha value is -1.95. The Labute approximate surface area is 119 Å². The maximum atomic E-state index is 12.5. The molecule has 1 amide bonds. The third-order valence-corrected chi connectivity index (χ3v) is 3.27. The lowest BCUT2D eigenvalue weighted by molar-refractivity contribution is 0.102. The number of nitrogens with zero attached hydrogens (tertiary/aromatic N) is 1. The van der Waals surface area contributed by atoms with Crippen LogP contribution in [0.1, 0.15) is 16.1 Å². The van der Waals surface area contributed by atoms with Crippen LogP contribution in [0.3, 0.4) is 0 Å². The molecular formula is C14H12F2N2OS. The molecule has 0 fully saturated rings. The monoisotopic (exact) mass is 294 g/mol. The van der Waals surface area contributed by atoms with Crippen molar-refractivity contribution in [2.75, 3.05) is 5.32 Å². The summed E-state index contributed by atoms with van der Waals surface area (Å²) in [4.78, 5) is 16.5. The summed E-state index contributed by atoms with van der Waals surface area (Å²) in [5, 5.41) is 2.60. The van der Waals surface area contributed by atoms with Gasteiger partial charge in [-0.3, -0.25) is 4.79 Å². The molecule has 104 valence electrons. The van der Waals surface area contributed by atoms with E-state index in [-0.39, 0.29) is 10.5 Å². The van der Waals surface area contributed by atoms with Gasteiger partial charge in [0.1, 0.15) is 5.82 Å². The molecule has 6 heteroatoms. The van der Waals surface area contributed by atoms with E-state index in [0.29, 0.717) is 17.6 Å². The summed E-state index contributed by atoms with van der Waals surface area (Å²) in [6.45, 7) is 1.80. The van der Waals surface area contributed by atoms with E-state index in [1.807, 2.05) is 0 Å². The normalized spacial score (nSPS) is 10.6. The number of aryl methyl sites for hydroxylation is 1. The highest BCUT2D eigenvalue weighted by Gasteiger charge is 2.15. The number of halogens is 2. The predicted octanol–water partition coefficient (Wildman–Crippen LogP) is 3.96. The topological polar surface area (TPSA) is 42.0 Å². The maximum Gasteiger partial charge on any atom is 0.288 e. The lowest BCUT2D eigenvalue weighted by Gasteiger charge is -2.09. The van der Waals surface area contributed by atoms with Crippen molar-refractivity contribution in [3.8, 4) is 0 Å². The van der Waals surface area contributed by atoms with E-state index in [9.17, 15) is 13.6 Å². The van der Waals surface area contributed by atoms with E-state index in [0.717, 1.165) is 5.69 Å². The summed E-state index contributed by atoms with van der Waals surface area (Å²) in [6.07, 6.45) is 0. The van der Waals surface area contributed by atoms with Crippen molar-refractivity contribution >= 4 is 23.5 Å². The van der Waals surface area contributed by atoms with Crippen LogP contribution in [-0.2, 0) is 0 Å². The number of hydrogen-bond donors (Lipinski definition) is 1. The Kier molecular flexibility index (Phi) is 4.68. The number of pyridine rings is 1. The average Bonchev–Trinajstić information content (AvgIpc) is 2.38. The van der Waals surface area contributed by atoms with E-state index in [2.05, 4.69) is 10.3 Å². The number of alkyl halides is 2. The largest absolute Gasteiger partial charge is 0.307 e. The molecule has 0 aliphatic carbocycles. The number of benzene rings is 1. The fraction of sp³-hybridized carbons (Fsp3) is 0.143. The zero-order valence-corrected chi connectivity index (χ0v) is 11.5. The van der Waals surface area contributed by atoms with Gasteiger partial charge in [0.25, 0.3) is 11.7 Å². The van der Waals surface area contributed by atoms with Gasteiger partial charge < -0.3 is 5.32 Å². The second-order valence-corrected chi connectivity index (χ2v) is 5.02. The Balaban J connectivity index is 2.21. The van der Waals surface area contributed by atoms with Gasteiger partial charge in [-0.2, -0.15) is 8.78 Å². The molecule has 2 aromatic rings. The second-order valence-electron chi connectivity index (χ2n) is 3.99. The van der Waals surface area contributed by atoms with Crippen molar-refractivity contribution in [2.45, 2.75) is 17.6 Å². The first-order valence-electron chi connectivity index (χ1n) is 5.85. The minimum atomic E-state index is -2.57. The molecule has 0 radical (unpaired) electrons. The third-order valence-electron chi connectivity index (χ3n) is 2.48. The maximum absolute atomic E-state index is 12.5. The van der Waals surface area contributed by atoms with Crippen molar-refractivity contribution in [1.82, 2.24) is 4.98 Å². The Morgan fingerprint density at radius 2 is 1.95 bits per heavy atom. The van der Waals surface area contributed by atoms with Crippen molar-refractivity contribution < 1.29 is 13.6 Å². The number of hydrogen-bond acceptors (Lipinski definition) is 3. The fourth-order valence-corrected chi connectivity index (χ4v) is 2.29. The van der Waals surface area contributed by atoms with Crippen LogP contribution < -0.4 is 5.32 Å². The zero-order chi connectivity index (χ0) is 14.5. The Morgan fingerprint density at radius 3 is 2.65 bits per heavy atom. The Bertz CT molecular complexity index is 620. The summed E-state index contributed by atoms with van der Waals surface area (Å²) < 4.78 is 24.9. The quantitative estimate of drug-likeness (QED) is 0.868. The SMILES string of the molecule is Cc1cccc(NC(=O)c2ccccc2SC(F)F)n1. The van der Waals surface area contributed by atoms with E-state index in [1.165, 1.54) is 12.1 Å². The van der Waals surface area contributed by atoms with Gasteiger partial charge in [-0.25, -0.2) is 4.98 Å². The highest BCUT2D eigenvalue weighted by molar-refractivity contribution is 7.99. The molecule has 0 spiro atoms. The van der Waals surface area contributed by atoms with Crippen LogP contribution >= 0.6 is 11.8 Å². The highest BCUT2D eigenvalue weighted by Crippen LogP contribution is 2.28. The lowest BCUT2D eigenvalue weighted by atomic mass is 10.2. The van der Waals surface area contributed by atoms with Crippen molar-refractivity contribution in [3.05, 3.63) is 53.7 Å². The molecule has 0 saturated heterocycles. The van der Waals surface area contributed by atoms with E-state index in [4.69, 9.17) is 0 Å². The Morgan fingerprint density at radius 1 is 1.20 bits per heavy atom. The van der Waals surface area contributed by atoms with E-state index < -0.39 is 11.7 Å². The van der Waals surface area contributed by atoms with Crippen LogP contribution in [0.15, 0.2) is 47.4 Å². The van der Waals surface area contributed by atoms with E-state index in [1.54, 1.807) is 37.3 Å². The summed E-state index contributed by atoms with van der Waals surface area (Å²) in [5.74, 6) is -2.63. The molecule has 0 aliphatic rings. The molecule has 0 unspecified atom stereocenters. The van der Waals surface area contributed by atoms with Crippen molar-refractivity contribution in [2.24, 2.45) is 0 Å². The molecule has 0 atom stereocenters. The number of carbonyl (C=O) groups is 1. The van der Waals surface area contributed by atoms with Crippen LogP contribution in [0, 0.1) is 6.92 Å². The van der Waals surface area contributed by atoms with Gasteiger partial charge in [-0.15, -0.1) is 0 Å². The minimum Gasteiger partial charge on any atom is -0.307 e. The second kappa shape index (κ2) is 6.47. The van der Waals surface area contributed by atoms with Crippen LogP contribution in [0.2, 0.25) is 0 Å². The van der Waals surface area contributed by atoms with Crippen molar-refractivity contribution in [3.63, 3.8) is 0 Å². The minimum absolute atomic E-state index is 0.209. The molecule has 1 aromatic heterocycles. The predicted molar refractivity (Wildman–Crippen MR) is 75.2 cm³/mol. The van der Waals surface area contributed by atoms with Gasteiger partial charge in [0.2, 0.25) is 0 Å². The molecule has 1 N–H and O–H groups in total. The van der Waals surface area contributed by atoms with Gasteiger partial charge in [0.15, 0.2) is 0 Å². The van der Waals surface area contributed by atoms with E-state index >= 15 is 0 Å². The van der Waals surface area contributed by atoms with Crippen LogP contribution in [0.25, 0.3) is 0 Å². The van der Waals surface area contributed by atoms with Crippen molar-refractivity contribution in [1.29, 1.82) is 0 Å². The lowest BCUT2D eigenvalue weighted by Crippen LogP contribution is -2.14. The number of amides is 1. The summed E-state index contributed by atoms with van der Waals surface area (Å²) >= 11 is 0.353. The molecule has 20 heavy (non-hydrogen) atoms. The first-order valence-corrected chi connectivity index (χ1v) is 6.73. The number of nitrogens with one attached hydrogen (secondary N) is 1. The molecule has 0 saturated carbocycles. The van der Waals surface area contributed by atoms with Gasteiger partial charge in [0, 0.05) is 10.6 Å². The summed E-state index contributed by atoms with van der Waals surface area (Å²) in [7, 11) is 0. The zero-order valence-electron chi connectivity index (χ0n) is 10.6. The highest BCUT2D eigenvalue weighted by atomic mass is 32.2. The van der Waals surface area contributed by atoms with Gasteiger partial charge >= 0.3 is 0 Å². The summed E-state index contributed by atoms with van der Waals surface area (Å²) in [6, 6.07) is 11.5. The van der Waals surface area contributed by atoms with Gasteiger partial charge in [0.05, 0.1) is 5.56 Å². The smallest absolute Gasteiger partial charge is 0.288 e. The van der Waals surface area contributed by atoms with Crippen LogP contribution in [0.5, 0.6) is 0 Å². The molecule has 2 rings (SSSR count). The standard InChI is InChI=1S/C14H12F2N2OS/c1-9-5-4-8-12(17-9)18-13(19)10-6-2-3-7-11(10)20-14(15)16/h2-8,14H,1H3,(H,17,18,19). The molecular weight excluding hydrogens is 282 g/mol. The average molecular weight is 294 g/mol. The summed E-state index contributed by atoms with van der Waals surface area (Å²) in [5.41, 5.74) is 0.971. The first kappa shape index (κ1) is 14.5.